The van der Waals surface area contributed by atoms with Crippen molar-refractivity contribution in [2.24, 2.45) is 5.73 Å². The minimum Gasteiger partial charge on any atom is -0.477 e. The molecule has 0 spiro atoms. The fourth-order valence-corrected chi connectivity index (χ4v) is 20.4. The monoisotopic (exact) mass is 2030 g/mol. The van der Waals surface area contributed by atoms with Crippen LogP contribution in [0, 0.1) is 74.2 Å². The van der Waals surface area contributed by atoms with Gasteiger partial charge in [0.1, 0.15) is 102 Å². The molecule has 0 unspecified atom stereocenters. The summed E-state index contributed by atoms with van der Waals surface area (Å²) >= 11 is 4.74. The third kappa shape index (κ3) is 27.9. The Hall–Kier alpha value is -13.0. The maximum absolute atomic E-state index is 15.0. The summed E-state index contributed by atoms with van der Waals surface area (Å²) < 4.78 is 133. The quantitative estimate of drug-likeness (QED) is 0.0265. The van der Waals surface area contributed by atoms with Crippen LogP contribution in [0.1, 0.15) is 219 Å². The van der Waals surface area contributed by atoms with Crippen molar-refractivity contribution in [2.45, 2.75) is 183 Å². The van der Waals surface area contributed by atoms with Crippen molar-refractivity contribution in [3.63, 3.8) is 0 Å². The van der Waals surface area contributed by atoms with Crippen LogP contribution in [0.5, 0.6) is 0 Å². The van der Waals surface area contributed by atoms with Crippen LogP contribution in [0.4, 0.5) is 72.3 Å². The zero-order valence-corrected chi connectivity index (χ0v) is 84.6. The SMILES string of the molecule is CC(C)(C)OC(=O)N1CC=C(c2cc(F)c(CCN)cc2F)CC1.Cc1ccc2c(N)c(C(=O)NCCc3cc(F)c(C4=CCN(C(=O)OC(C)(C)C)CC4)cc3F)sc2n1.Cc1ccc2c(N)c(C(=O)NCCc3cc(F)c(C4CCN(C(=O)OC(C)(C)C)CC4)cc3F)sc2n1.Cc1ccc2c(N)c(C(=O)NCCc3cc(F)c(C4CCNCC4)cc3F)sc2n1.Cc1ccc2c(N)c(C(=O)O)sc2n1. The van der Waals surface area contributed by atoms with Gasteiger partial charge in [-0.1, -0.05) is 12.2 Å². The highest BCUT2D eigenvalue weighted by Gasteiger charge is 2.33. The molecule has 12 heterocycles. The molecule has 15 N–H and O–H groups in total. The number of aromatic carboxylic acids is 1. The largest absolute Gasteiger partial charge is 0.477 e. The van der Waals surface area contributed by atoms with E-state index in [0.29, 0.717) is 144 Å². The molecule has 0 radical (unpaired) electrons. The molecule has 8 aromatic heterocycles. The van der Waals surface area contributed by atoms with Crippen LogP contribution in [0.3, 0.4) is 0 Å². The molecule has 39 heteroatoms. The minimum absolute atomic E-state index is 0.0442. The number of hydrogen-bond donors (Lipinski definition) is 10. The lowest BCUT2D eigenvalue weighted by Crippen LogP contribution is -2.41. The lowest BCUT2D eigenvalue weighted by molar-refractivity contribution is 0.0201. The van der Waals surface area contributed by atoms with Gasteiger partial charge in [-0.15, -0.1) is 45.3 Å². The third-order valence-electron chi connectivity index (χ3n) is 23.6. The highest BCUT2D eigenvalue weighted by Crippen LogP contribution is 2.40. The number of carbonyl (C=O) groups is 7. The molecule has 4 aliphatic heterocycles. The second-order valence-electron chi connectivity index (χ2n) is 37.8. The fraction of sp³-hybridized carbons (Fsp3) is 0.388. The number of benzene rings is 4. The number of pyridine rings is 4. The number of amides is 6. The fourth-order valence-electron chi connectivity index (χ4n) is 16.3. The number of likely N-dealkylation sites (tertiary alicyclic amines) is 1. The van der Waals surface area contributed by atoms with Crippen LogP contribution in [0.15, 0.2) is 109 Å². The van der Waals surface area contributed by atoms with Crippen molar-refractivity contribution in [1.82, 2.24) is 55.9 Å². The van der Waals surface area contributed by atoms with Crippen molar-refractivity contribution in [1.29, 1.82) is 0 Å². The Morgan fingerprint density at radius 1 is 0.401 bits per heavy atom. The van der Waals surface area contributed by atoms with E-state index in [9.17, 15) is 68.7 Å². The van der Waals surface area contributed by atoms with E-state index in [1.54, 1.807) is 90.3 Å². The van der Waals surface area contributed by atoms with Gasteiger partial charge >= 0.3 is 24.2 Å². The molecule has 6 amide bonds. The van der Waals surface area contributed by atoms with Crippen LogP contribution in [-0.4, -0.2) is 177 Å². The molecule has 756 valence electrons. The number of nitrogens with two attached hydrogens (primary N) is 5. The zero-order chi connectivity index (χ0) is 103. The molecule has 2 saturated heterocycles. The number of piperidine rings is 2. The molecule has 0 bridgehead atoms. The number of anilines is 4. The van der Waals surface area contributed by atoms with Crippen LogP contribution in [0.2, 0.25) is 0 Å². The number of hydrogen-bond acceptors (Lipinski definition) is 24. The molecule has 0 atom stereocenters. The molecule has 0 aliphatic carbocycles. The first kappa shape index (κ1) is 108. The number of aromatic nitrogens is 4. The molecule has 27 nitrogen and oxygen atoms in total. The summed E-state index contributed by atoms with van der Waals surface area (Å²) in [5, 5.41) is 23.2. The average Bonchev–Trinajstić information content (AvgIpc) is 1.50. The molecule has 142 heavy (non-hydrogen) atoms. The van der Waals surface area contributed by atoms with Gasteiger partial charge in [0.15, 0.2) is 0 Å². The summed E-state index contributed by atoms with van der Waals surface area (Å²) in [4.78, 5) is 111. The van der Waals surface area contributed by atoms with E-state index < -0.39 is 81.8 Å². The Balaban J connectivity index is 0.000000163. The maximum Gasteiger partial charge on any atom is 0.410 e. The standard InChI is InChI=1S/C27H32F2N4O3S.C27H30F2N4O3S.C22H24F2N4OS.C18H24F2N2O2.C9H8N2O2S/c2*1-15-5-6-18-22(30)23(37-25(18)32-15)24(34)31-10-7-17-13-21(29)19(14-20(17)28)16-8-11-33(12-9-16)26(35)36-27(2,3)4;1-12-2-3-15-19(25)20(30-22(15)28-12)21(29)27-9-6-14-10-18(24)16(11-17(14)23)13-4-7-26-8-5-13;1-18(2,3)24-17(23)22-8-5-12(6-9-22)14-11-15(19)13(4-7-21)10-16(14)20;1-4-2-3-5-6(10)7(9(12)13)14-8(5)11-4/h5-6,13-14,16H,7-12,30H2,1-4H3,(H,31,34);5-6,8,13-14H,7,9-12,30H2,1-4H3,(H,31,34);2-3,10-11,13,26H,4-9,25H2,1H3,(H,27,29);5,10-11H,4,6-9,21H2,1-3H3;2-3H,10H2,1H3,(H,12,13). The number of ether oxygens (including phenoxy) is 3. The number of halogens is 8. The van der Waals surface area contributed by atoms with Crippen LogP contribution >= 0.6 is 45.3 Å². The van der Waals surface area contributed by atoms with Gasteiger partial charge in [-0.25, -0.2) is 74.2 Å². The van der Waals surface area contributed by atoms with Gasteiger partial charge in [0, 0.05) is 114 Å². The third-order valence-corrected chi connectivity index (χ3v) is 28.0. The molecular weight excluding hydrogens is 1920 g/mol. The summed E-state index contributed by atoms with van der Waals surface area (Å²) in [6.45, 7) is 28.1. The summed E-state index contributed by atoms with van der Waals surface area (Å²) in [7, 11) is 0. The smallest absolute Gasteiger partial charge is 0.410 e. The summed E-state index contributed by atoms with van der Waals surface area (Å²) in [5.74, 6) is -6.03. The number of carboxylic acids is 1. The predicted octanol–water partition coefficient (Wildman–Crippen LogP) is 20.3. The Bertz CT molecular complexity index is 6790. The number of nitrogen functional groups attached to an aromatic ring is 4. The molecule has 0 saturated carbocycles. The molecule has 16 rings (SSSR count). The van der Waals surface area contributed by atoms with Crippen LogP contribution < -0.4 is 49.9 Å². The number of fused-ring (bicyclic) bond motifs is 4. The average molecular weight is 2040 g/mol. The van der Waals surface area contributed by atoms with E-state index in [2.05, 4.69) is 41.2 Å². The number of carbonyl (C=O) groups excluding carboxylic acids is 6. The van der Waals surface area contributed by atoms with Gasteiger partial charge < -0.3 is 84.0 Å². The van der Waals surface area contributed by atoms with Crippen LogP contribution in [0.25, 0.3) is 52.0 Å². The topological polar surface area (TPSA) is 407 Å². The zero-order valence-electron chi connectivity index (χ0n) is 81.3. The maximum atomic E-state index is 15.0. The van der Waals surface area contributed by atoms with E-state index in [4.69, 9.17) is 48.0 Å². The number of nitrogens with one attached hydrogen (secondary N) is 4. The van der Waals surface area contributed by atoms with Crippen LogP contribution in [-0.2, 0) is 39.9 Å². The van der Waals surface area contributed by atoms with E-state index in [0.717, 1.165) is 81.6 Å². The van der Waals surface area contributed by atoms with E-state index in [1.807, 2.05) is 70.2 Å². The normalized spacial score (nSPS) is 14.3. The Kier molecular flexibility index (Phi) is 35.6. The molecular formula is C103H118F8N16O11S4. The number of carboxylic acid groups (broad SMARTS) is 1. The minimum atomic E-state index is -0.997. The second-order valence-corrected chi connectivity index (χ2v) is 41.8. The Morgan fingerprint density at radius 3 is 1.01 bits per heavy atom. The first-order valence-corrected chi connectivity index (χ1v) is 49.7. The van der Waals surface area contributed by atoms with Gasteiger partial charge in [0.25, 0.3) is 17.7 Å². The molecule has 4 aliphatic rings. The van der Waals surface area contributed by atoms with E-state index >= 15 is 0 Å². The lowest BCUT2D eigenvalue weighted by Gasteiger charge is -2.33. The first-order valence-electron chi connectivity index (χ1n) is 46.4. The van der Waals surface area contributed by atoms with E-state index in [1.165, 1.54) is 87.4 Å². The Labute approximate surface area is 833 Å². The van der Waals surface area contributed by atoms with Gasteiger partial charge in [0.05, 0.1) is 22.7 Å². The van der Waals surface area contributed by atoms with Gasteiger partial charge in [-0.2, -0.15) is 0 Å². The lowest BCUT2D eigenvalue weighted by atomic mass is 9.88. The van der Waals surface area contributed by atoms with Crippen molar-refractivity contribution in [3.05, 3.63) is 243 Å². The van der Waals surface area contributed by atoms with Gasteiger partial charge in [-0.3, -0.25) is 14.4 Å². The molecule has 2 fully saturated rings. The summed E-state index contributed by atoms with van der Waals surface area (Å²) in [6, 6.07) is 24.4. The second kappa shape index (κ2) is 46.8. The number of rotatable bonds is 19. The highest BCUT2D eigenvalue weighted by molar-refractivity contribution is 7.22. The molecule has 12 aromatic rings. The number of thiophene rings is 4. The highest BCUT2D eigenvalue weighted by atomic mass is 32.1. The Morgan fingerprint density at radius 2 is 0.697 bits per heavy atom. The summed E-state index contributed by atoms with van der Waals surface area (Å²) in [5.41, 5.74) is 35.9. The van der Waals surface area contributed by atoms with E-state index in [-0.39, 0.29) is 126 Å². The van der Waals surface area contributed by atoms with Gasteiger partial charge in [0.2, 0.25) is 0 Å². The van der Waals surface area contributed by atoms with Crippen molar-refractivity contribution in [2.75, 3.05) is 101 Å². The summed E-state index contributed by atoms with van der Waals surface area (Å²) in [6.07, 6.45) is 6.47. The first-order chi connectivity index (χ1) is 67.1. The number of aryl methyl sites for hydroxylation is 4. The molecule has 4 aromatic carbocycles. The van der Waals surface area contributed by atoms with Crippen molar-refractivity contribution < 1.29 is 88.0 Å². The predicted molar refractivity (Wildman–Crippen MR) is 544 cm³/mol. The van der Waals surface area contributed by atoms with Crippen molar-refractivity contribution >= 4 is 162 Å². The van der Waals surface area contributed by atoms with Crippen molar-refractivity contribution in [3.8, 4) is 0 Å². The van der Waals surface area contributed by atoms with Gasteiger partial charge in [-0.05, 0) is 327 Å². The number of nitrogens with zero attached hydrogens (tertiary/aromatic N) is 7.